The van der Waals surface area contributed by atoms with E-state index in [1.54, 1.807) is 0 Å². The van der Waals surface area contributed by atoms with Crippen molar-refractivity contribution in [1.82, 2.24) is 4.90 Å². The van der Waals surface area contributed by atoms with E-state index in [0.29, 0.717) is 0 Å². The molecule has 0 aliphatic heterocycles. The van der Waals surface area contributed by atoms with Gasteiger partial charge >= 0.3 is 0 Å². The Hall–Kier alpha value is 0.250. The highest BCUT2D eigenvalue weighted by molar-refractivity contribution is 6.18. The Morgan fingerprint density at radius 3 is 2.33 bits per heavy atom. The molecule has 0 bridgehead atoms. The molecule has 1 aliphatic carbocycles. The minimum atomic E-state index is 0.786. The van der Waals surface area contributed by atoms with E-state index in [-0.39, 0.29) is 0 Å². The molecular weight excluding hydrogens is 206 g/mol. The molecule has 15 heavy (non-hydrogen) atoms. The maximum absolute atomic E-state index is 5.89. The van der Waals surface area contributed by atoms with Gasteiger partial charge in [-0.15, -0.1) is 11.6 Å². The summed E-state index contributed by atoms with van der Waals surface area (Å²) in [6, 6.07) is 0.830. The number of nitrogens with zero attached hydrogens (tertiary/aromatic N) is 1. The molecule has 0 unspecified atom stereocenters. The second kappa shape index (κ2) is 7.51. The van der Waals surface area contributed by atoms with Crippen molar-refractivity contribution in [1.29, 1.82) is 0 Å². The zero-order chi connectivity index (χ0) is 11.1. The summed E-state index contributed by atoms with van der Waals surface area (Å²) in [5.41, 5.74) is 0. The lowest BCUT2D eigenvalue weighted by atomic mass is 9.94. The van der Waals surface area contributed by atoms with Gasteiger partial charge in [-0.3, -0.25) is 4.90 Å². The SMILES string of the molecule is CC(C)CCN(CCCl)C1CCCCC1. The van der Waals surface area contributed by atoms with Crippen LogP contribution in [0.15, 0.2) is 0 Å². The first-order chi connectivity index (χ1) is 7.24. The highest BCUT2D eigenvalue weighted by Crippen LogP contribution is 2.23. The molecule has 1 aliphatic rings. The highest BCUT2D eigenvalue weighted by Gasteiger charge is 2.20. The Kier molecular flexibility index (Phi) is 6.67. The lowest BCUT2D eigenvalue weighted by molar-refractivity contribution is 0.157. The van der Waals surface area contributed by atoms with Crippen LogP contribution in [0.25, 0.3) is 0 Å². The summed E-state index contributed by atoms with van der Waals surface area (Å²) in [5, 5.41) is 0. The van der Waals surface area contributed by atoms with Crippen LogP contribution >= 0.6 is 11.6 Å². The average molecular weight is 232 g/mol. The van der Waals surface area contributed by atoms with E-state index in [2.05, 4.69) is 18.7 Å². The molecule has 1 fully saturated rings. The molecule has 0 aromatic heterocycles. The van der Waals surface area contributed by atoms with Gasteiger partial charge in [-0.1, -0.05) is 33.1 Å². The van der Waals surface area contributed by atoms with E-state index in [1.165, 1.54) is 45.1 Å². The molecular formula is C13H26ClN. The van der Waals surface area contributed by atoms with Crippen LogP contribution in [-0.2, 0) is 0 Å². The third-order valence-corrected chi connectivity index (χ3v) is 3.63. The second-order valence-corrected chi connectivity index (χ2v) is 5.58. The van der Waals surface area contributed by atoms with Gasteiger partial charge in [0.05, 0.1) is 0 Å². The molecule has 0 aromatic rings. The van der Waals surface area contributed by atoms with Gasteiger partial charge in [0.15, 0.2) is 0 Å². The molecule has 0 spiro atoms. The number of hydrogen-bond acceptors (Lipinski definition) is 1. The van der Waals surface area contributed by atoms with Gasteiger partial charge in [0.25, 0.3) is 0 Å². The second-order valence-electron chi connectivity index (χ2n) is 5.20. The Morgan fingerprint density at radius 2 is 1.80 bits per heavy atom. The van der Waals surface area contributed by atoms with Gasteiger partial charge in [-0.05, 0) is 31.7 Å². The van der Waals surface area contributed by atoms with Crippen LogP contribution < -0.4 is 0 Å². The summed E-state index contributed by atoms with van der Waals surface area (Å²) in [7, 11) is 0. The molecule has 1 saturated carbocycles. The van der Waals surface area contributed by atoms with E-state index >= 15 is 0 Å². The molecule has 0 heterocycles. The summed E-state index contributed by atoms with van der Waals surface area (Å²) in [5.74, 6) is 1.60. The normalized spacial score (nSPS) is 19.0. The number of halogens is 1. The average Bonchev–Trinajstić information content (AvgIpc) is 2.25. The molecule has 2 heteroatoms. The van der Waals surface area contributed by atoms with Crippen LogP contribution in [0.2, 0.25) is 0 Å². The molecule has 0 amide bonds. The van der Waals surface area contributed by atoms with Crippen molar-refractivity contribution < 1.29 is 0 Å². The summed E-state index contributed by atoms with van der Waals surface area (Å²) in [4.78, 5) is 2.63. The standard InChI is InChI=1S/C13H26ClN/c1-12(2)8-10-15(11-9-14)13-6-4-3-5-7-13/h12-13H,3-11H2,1-2H3. The fourth-order valence-electron chi connectivity index (χ4n) is 2.46. The Morgan fingerprint density at radius 1 is 1.13 bits per heavy atom. The molecule has 0 radical (unpaired) electrons. The molecule has 0 saturated heterocycles. The fraction of sp³-hybridized carbons (Fsp3) is 1.00. The summed E-state index contributed by atoms with van der Waals surface area (Å²) in [6.45, 7) is 6.94. The molecule has 1 nitrogen and oxygen atoms in total. The minimum absolute atomic E-state index is 0.786. The molecule has 0 N–H and O–H groups in total. The first-order valence-electron chi connectivity index (χ1n) is 6.54. The number of alkyl halides is 1. The summed E-state index contributed by atoms with van der Waals surface area (Å²) < 4.78 is 0. The quantitative estimate of drug-likeness (QED) is 0.627. The van der Waals surface area contributed by atoms with Crippen molar-refractivity contribution in [2.24, 2.45) is 5.92 Å². The lowest BCUT2D eigenvalue weighted by Crippen LogP contribution is -2.39. The van der Waals surface area contributed by atoms with Crippen molar-refractivity contribution in [3.63, 3.8) is 0 Å². The fourth-order valence-corrected chi connectivity index (χ4v) is 2.67. The van der Waals surface area contributed by atoms with Crippen molar-refractivity contribution in [2.45, 2.75) is 58.4 Å². The Labute approximate surface area is 100 Å². The van der Waals surface area contributed by atoms with E-state index in [1.807, 2.05) is 0 Å². The van der Waals surface area contributed by atoms with Gasteiger partial charge in [0, 0.05) is 18.5 Å². The molecule has 1 rings (SSSR count). The Balaban J connectivity index is 2.33. The van der Waals surface area contributed by atoms with Crippen molar-refractivity contribution in [3.05, 3.63) is 0 Å². The van der Waals surface area contributed by atoms with E-state index in [4.69, 9.17) is 11.6 Å². The van der Waals surface area contributed by atoms with E-state index in [0.717, 1.165) is 24.4 Å². The topological polar surface area (TPSA) is 3.24 Å². The van der Waals surface area contributed by atoms with Gasteiger partial charge in [-0.2, -0.15) is 0 Å². The predicted molar refractivity (Wildman–Crippen MR) is 68.6 cm³/mol. The minimum Gasteiger partial charge on any atom is -0.299 e. The Bertz CT molecular complexity index is 153. The van der Waals surface area contributed by atoms with Gasteiger partial charge in [0.2, 0.25) is 0 Å². The summed E-state index contributed by atoms with van der Waals surface area (Å²) >= 11 is 5.89. The largest absolute Gasteiger partial charge is 0.299 e. The van der Waals surface area contributed by atoms with Crippen LogP contribution in [0.3, 0.4) is 0 Å². The first-order valence-corrected chi connectivity index (χ1v) is 7.07. The van der Waals surface area contributed by atoms with E-state index < -0.39 is 0 Å². The summed E-state index contributed by atoms with van der Waals surface area (Å²) in [6.07, 6.45) is 8.39. The number of rotatable bonds is 6. The van der Waals surface area contributed by atoms with Crippen molar-refractivity contribution in [3.8, 4) is 0 Å². The van der Waals surface area contributed by atoms with Crippen molar-refractivity contribution >= 4 is 11.6 Å². The van der Waals surface area contributed by atoms with Crippen molar-refractivity contribution in [2.75, 3.05) is 19.0 Å². The lowest BCUT2D eigenvalue weighted by Gasteiger charge is -2.34. The van der Waals surface area contributed by atoms with Crippen LogP contribution in [-0.4, -0.2) is 29.9 Å². The van der Waals surface area contributed by atoms with Crippen LogP contribution in [0.4, 0.5) is 0 Å². The van der Waals surface area contributed by atoms with Crippen LogP contribution in [0.5, 0.6) is 0 Å². The van der Waals surface area contributed by atoms with Gasteiger partial charge in [-0.25, -0.2) is 0 Å². The van der Waals surface area contributed by atoms with Gasteiger partial charge in [0.1, 0.15) is 0 Å². The zero-order valence-electron chi connectivity index (χ0n) is 10.3. The first kappa shape index (κ1) is 13.3. The number of hydrogen-bond donors (Lipinski definition) is 0. The van der Waals surface area contributed by atoms with Crippen LogP contribution in [0, 0.1) is 5.92 Å². The molecule has 90 valence electrons. The smallest absolute Gasteiger partial charge is 0.0351 e. The maximum Gasteiger partial charge on any atom is 0.0351 e. The van der Waals surface area contributed by atoms with E-state index in [9.17, 15) is 0 Å². The highest BCUT2D eigenvalue weighted by atomic mass is 35.5. The van der Waals surface area contributed by atoms with Gasteiger partial charge < -0.3 is 0 Å². The third kappa shape index (κ3) is 5.21. The maximum atomic E-state index is 5.89. The van der Waals surface area contributed by atoms with Crippen LogP contribution in [0.1, 0.15) is 52.4 Å². The molecule has 0 atom stereocenters. The predicted octanol–water partition coefficient (Wildman–Crippen LogP) is 3.91. The monoisotopic (exact) mass is 231 g/mol. The zero-order valence-corrected chi connectivity index (χ0v) is 11.1. The molecule has 0 aromatic carbocycles. The third-order valence-electron chi connectivity index (χ3n) is 3.46.